The normalized spacial score (nSPS) is 11.7. The van der Waals surface area contributed by atoms with Crippen LogP contribution in [0.15, 0.2) is 66.7 Å². The molecule has 39 heavy (non-hydrogen) atoms. The van der Waals surface area contributed by atoms with Crippen LogP contribution in [0, 0.1) is 54.3 Å². The van der Waals surface area contributed by atoms with Crippen molar-refractivity contribution in [2.75, 3.05) is 0 Å². The Balaban J connectivity index is 1.78. The molecule has 3 heterocycles. The monoisotopic (exact) mass is 533 g/mol. The Morgan fingerprint density at radius 3 is 2.05 bits per heavy atom. The van der Waals surface area contributed by atoms with Crippen molar-refractivity contribution in [3.8, 4) is 27.9 Å². The molecule has 0 unspecified atom stereocenters. The molecule has 0 saturated heterocycles. The van der Waals surface area contributed by atoms with E-state index in [1.54, 1.807) is 23.9 Å². The summed E-state index contributed by atoms with van der Waals surface area (Å²) in [4.78, 5) is 0. The third kappa shape index (κ3) is 3.92. The molecule has 6 rings (SSSR count). The number of aryl methyl sites for hydroxylation is 5. The minimum atomic E-state index is -0.182. The number of benzene rings is 3. The standard InChI is InChI=1S/C35H34FN2S/c1-20-17-21(2)31(22(3)18-20)33-34-23(4)29(19-27-13-9-8-10-14-27)25(6)37(34)39-38-26(7)32(24(5)35(33)38)28-15-11-12-16-30(28)36/h8-18H,19H2,1-7H3/q+1. The quantitative estimate of drug-likeness (QED) is 0.200. The molecule has 2 aliphatic rings. The van der Waals surface area contributed by atoms with E-state index in [0.717, 1.165) is 23.2 Å². The number of hydrogen-bond acceptors (Lipinski definition) is 1. The van der Waals surface area contributed by atoms with E-state index in [-0.39, 0.29) is 5.82 Å². The predicted molar refractivity (Wildman–Crippen MR) is 161 cm³/mol. The summed E-state index contributed by atoms with van der Waals surface area (Å²) in [5, 5.41) is 0. The van der Waals surface area contributed by atoms with E-state index in [1.165, 1.54) is 61.4 Å². The molecular formula is C35H34FN2S+. The molecule has 4 heteroatoms. The minimum Gasteiger partial charge on any atom is -0.206 e. The largest absolute Gasteiger partial charge is 0.241 e. The van der Waals surface area contributed by atoms with Crippen molar-refractivity contribution in [1.82, 2.24) is 3.79 Å². The van der Waals surface area contributed by atoms with Gasteiger partial charge in [0.25, 0.3) is 0 Å². The Hall–Kier alpha value is -3.76. The number of aromatic nitrogens is 2. The summed E-state index contributed by atoms with van der Waals surface area (Å²) >= 11 is 1.72. The van der Waals surface area contributed by atoms with Crippen LogP contribution >= 0.6 is 11.7 Å². The van der Waals surface area contributed by atoms with Gasteiger partial charge in [-0.3, -0.25) is 0 Å². The second kappa shape index (κ2) is 9.46. The van der Waals surface area contributed by atoms with Crippen LogP contribution < -0.4 is 3.96 Å². The highest BCUT2D eigenvalue weighted by Gasteiger charge is 2.35. The van der Waals surface area contributed by atoms with E-state index in [0.29, 0.717) is 5.56 Å². The number of fused-ring (bicyclic) bond motifs is 2. The van der Waals surface area contributed by atoms with E-state index in [2.05, 4.69) is 98.7 Å². The first kappa shape index (κ1) is 25.5. The van der Waals surface area contributed by atoms with Gasteiger partial charge in [0.2, 0.25) is 11.7 Å². The molecule has 0 radical (unpaired) electrons. The molecule has 2 aliphatic heterocycles. The van der Waals surface area contributed by atoms with Crippen LogP contribution in [0.4, 0.5) is 4.39 Å². The maximum absolute atomic E-state index is 15.2. The Labute approximate surface area is 234 Å². The smallest absolute Gasteiger partial charge is 0.206 e. The average Bonchev–Trinajstić information content (AvgIpc) is 3.29. The summed E-state index contributed by atoms with van der Waals surface area (Å²) in [5.41, 5.74) is 17.8. The molecule has 0 spiro atoms. The van der Waals surface area contributed by atoms with Gasteiger partial charge in [-0.25, -0.2) is 4.39 Å². The lowest BCUT2D eigenvalue weighted by Gasteiger charge is -2.15. The van der Waals surface area contributed by atoms with E-state index < -0.39 is 0 Å². The van der Waals surface area contributed by atoms with E-state index in [1.807, 2.05) is 12.1 Å². The van der Waals surface area contributed by atoms with Crippen LogP contribution in [0.1, 0.15) is 50.3 Å². The Bertz CT molecular complexity index is 1830. The predicted octanol–water partition coefficient (Wildman–Crippen LogP) is 8.94. The molecule has 0 saturated carbocycles. The molecule has 0 amide bonds. The van der Waals surface area contributed by atoms with Crippen molar-refractivity contribution in [3.05, 3.63) is 123 Å². The first-order valence-electron chi connectivity index (χ1n) is 13.5. The summed E-state index contributed by atoms with van der Waals surface area (Å²) in [6, 6.07) is 22.4. The molecular weight excluding hydrogens is 499 g/mol. The number of halogens is 1. The molecule has 0 aliphatic carbocycles. The molecule has 0 bridgehead atoms. The second-order valence-corrected chi connectivity index (χ2v) is 11.8. The first-order chi connectivity index (χ1) is 18.7. The third-order valence-corrected chi connectivity index (χ3v) is 9.52. The summed E-state index contributed by atoms with van der Waals surface area (Å²) in [5.74, 6) is -0.182. The molecule has 0 N–H and O–H groups in total. The maximum atomic E-state index is 15.2. The van der Waals surface area contributed by atoms with Gasteiger partial charge in [-0.2, -0.15) is 0 Å². The molecule has 3 aromatic carbocycles. The summed E-state index contributed by atoms with van der Waals surface area (Å²) in [6.45, 7) is 15.4. The van der Waals surface area contributed by atoms with Crippen LogP contribution in [0.3, 0.4) is 0 Å². The van der Waals surface area contributed by atoms with Gasteiger partial charge in [0.05, 0.1) is 5.56 Å². The number of rotatable bonds is 4. The Morgan fingerprint density at radius 2 is 1.38 bits per heavy atom. The highest BCUT2D eigenvalue weighted by molar-refractivity contribution is 6.96. The fourth-order valence-corrected chi connectivity index (χ4v) is 7.81. The molecule has 0 atom stereocenters. The highest BCUT2D eigenvalue weighted by atomic mass is 32.1. The minimum absolute atomic E-state index is 0.182. The topological polar surface area (TPSA) is 8.29 Å². The zero-order chi connectivity index (χ0) is 27.6. The average molecular weight is 534 g/mol. The van der Waals surface area contributed by atoms with Crippen LogP contribution in [0.2, 0.25) is 0 Å². The second-order valence-electron chi connectivity index (χ2n) is 10.9. The first-order valence-corrected chi connectivity index (χ1v) is 14.3. The van der Waals surface area contributed by atoms with Crippen LogP contribution in [-0.4, -0.2) is 3.79 Å². The molecule has 4 aromatic rings. The lowest BCUT2D eigenvalue weighted by molar-refractivity contribution is -0.527. The van der Waals surface area contributed by atoms with Crippen molar-refractivity contribution in [3.63, 3.8) is 0 Å². The van der Waals surface area contributed by atoms with Gasteiger partial charge in [-0.05, 0) is 76.8 Å². The van der Waals surface area contributed by atoms with Gasteiger partial charge in [-0.1, -0.05) is 66.2 Å². The fourth-order valence-electron chi connectivity index (χ4n) is 6.58. The van der Waals surface area contributed by atoms with E-state index >= 15 is 4.39 Å². The van der Waals surface area contributed by atoms with Gasteiger partial charge in [0.15, 0.2) is 11.2 Å². The van der Waals surface area contributed by atoms with Gasteiger partial charge >= 0.3 is 0 Å². The zero-order valence-electron chi connectivity index (χ0n) is 23.7. The summed E-state index contributed by atoms with van der Waals surface area (Å²) in [6.07, 6.45) is 0.894. The van der Waals surface area contributed by atoms with Crippen molar-refractivity contribution >= 4 is 17.2 Å². The third-order valence-electron chi connectivity index (χ3n) is 8.28. The SMILES string of the molecule is Cc1cc(C)c(-c2c3c(C)c(Cc4ccccc4)c(C)[n+]-3sn3c(C)c(-c4ccccc4F)c(C)c23)c(C)c1. The lowest BCUT2D eigenvalue weighted by Crippen LogP contribution is -2.31. The van der Waals surface area contributed by atoms with E-state index in [9.17, 15) is 0 Å². The molecule has 1 aromatic heterocycles. The number of hydrogen-bond donors (Lipinski definition) is 0. The molecule has 2 nitrogen and oxygen atoms in total. The van der Waals surface area contributed by atoms with Crippen molar-refractivity contribution in [2.45, 2.75) is 54.9 Å². The summed E-state index contributed by atoms with van der Waals surface area (Å²) in [7, 11) is 0. The maximum Gasteiger partial charge on any atom is 0.241 e. The van der Waals surface area contributed by atoms with E-state index in [4.69, 9.17) is 0 Å². The van der Waals surface area contributed by atoms with Crippen LogP contribution in [-0.2, 0) is 6.42 Å². The molecule has 0 fully saturated rings. The van der Waals surface area contributed by atoms with Crippen molar-refractivity contribution in [1.29, 1.82) is 0 Å². The Morgan fingerprint density at radius 1 is 0.744 bits per heavy atom. The van der Waals surface area contributed by atoms with Gasteiger partial charge < -0.3 is 0 Å². The van der Waals surface area contributed by atoms with Gasteiger partial charge in [0, 0.05) is 34.2 Å². The van der Waals surface area contributed by atoms with Crippen molar-refractivity contribution in [2.24, 2.45) is 0 Å². The van der Waals surface area contributed by atoms with Crippen molar-refractivity contribution < 1.29 is 8.35 Å². The van der Waals surface area contributed by atoms with Crippen LogP contribution in [0.5, 0.6) is 0 Å². The Kier molecular flexibility index (Phi) is 6.19. The highest BCUT2D eigenvalue weighted by Crippen LogP contribution is 2.44. The van der Waals surface area contributed by atoms with Gasteiger partial charge in [0.1, 0.15) is 17.2 Å². The molecule has 196 valence electrons. The fraction of sp³-hybridized carbons (Fsp3) is 0.229. The van der Waals surface area contributed by atoms with Gasteiger partial charge in [-0.15, -0.1) is 7.75 Å². The lowest BCUT2D eigenvalue weighted by atomic mass is 9.90. The zero-order valence-corrected chi connectivity index (χ0v) is 24.6. The van der Waals surface area contributed by atoms with Crippen LogP contribution in [0.25, 0.3) is 33.5 Å². The number of nitrogens with zero attached hydrogens (tertiary/aromatic N) is 2. The summed E-state index contributed by atoms with van der Waals surface area (Å²) < 4.78 is 19.9.